The Kier molecular flexibility index (Phi) is 7.47. The maximum absolute atomic E-state index is 13.3. The number of amides is 2. The highest BCUT2D eigenvalue weighted by Crippen LogP contribution is 2.34. The lowest BCUT2D eigenvalue weighted by atomic mass is 10.1. The molecule has 0 saturated carbocycles. The normalized spacial score (nSPS) is 13.4. The number of nitrogens with zero attached hydrogens (tertiary/aromatic N) is 2. The Labute approximate surface area is 203 Å². The molecule has 2 heterocycles. The second-order valence-corrected chi connectivity index (χ2v) is 9.34. The summed E-state index contributed by atoms with van der Waals surface area (Å²) >= 11 is 1.61. The molecule has 7 nitrogen and oxygen atoms in total. The first-order valence-electron chi connectivity index (χ1n) is 11.3. The van der Waals surface area contributed by atoms with E-state index in [9.17, 15) is 9.59 Å². The molecule has 1 saturated heterocycles. The minimum Gasteiger partial charge on any atom is -0.493 e. The molecule has 1 aliphatic rings. The van der Waals surface area contributed by atoms with E-state index < -0.39 is 0 Å². The van der Waals surface area contributed by atoms with Gasteiger partial charge in [-0.1, -0.05) is 24.3 Å². The van der Waals surface area contributed by atoms with Crippen LogP contribution in [0.3, 0.4) is 0 Å². The van der Waals surface area contributed by atoms with Crippen LogP contribution in [0.4, 0.5) is 5.69 Å². The molecule has 3 aromatic rings. The van der Waals surface area contributed by atoms with Gasteiger partial charge in [-0.2, -0.15) is 0 Å². The molecule has 1 fully saturated rings. The number of likely N-dealkylation sites (tertiary alicyclic amines) is 1. The molecule has 2 aromatic carbocycles. The third kappa shape index (κ3) is 5.39. The molecule has 1 N–H and O–H groups in total. The molecule has 0 atom stereocenters. The monoisotopic (exact) mass is 479 g/mol. The van der Waals surface area contributed by atoms with Gasteiger partial charge in [0.15, 0.2) is 11.5 Å². The zero-order valence-corrected chi connectivity index (χ0v) is 20.5. The molecular weight excluding hydrogens is 450 g/mol. The van der Waals surface area contributed by atoms with Crippen LogP contribution in [0.15, 0.2) is 41.8 Å². The summed E-state index contributed by atoms with van der Waals surface area (Å²) < 4.78 is 10.8. The zero-order chi connectivity index (χ0) is 24.1. The molecule has 0 radical (unpaired) electrons. The molecule has 0 bridgehead atoms. The van der Waals surface area contributed by atoms with Crippen molar-refractivity contribution in [2.24, 2.45) is 0 Å². The number of carbonyl (C=O) groups is 2. The number of thiazole rings is 1. The van der Waals surface area contributed by atoms with Gasteiger partial charge in [0, 0.05) is 30.1 Å². The molecule has 8 heteroatoms. The maximum atomic E-state index is 13.3. The zero-order valence-electron chi connectivity index (χ0n) is 19.7. The lowest BCUT2D eigenvalue weighted by Crippen LogP contribution is -2.36. The van der Waals surface area contributed by atoms with Crippen molar-refractivity contribution in [2.45, 2.75) is 32.6 Å². The molecule has 178 valence electrons. The lowest BCUT2D eigenvalue weighted by molar-refractivity contribution is -0.115. The van der Waals surface area contributed by atoms with Crippen LogP contribution in [0, 0.1) is 6.92 Å². The summed E-state index contributed by atoms with van der Waals surface area (Å²) in [6, 6.07) is 11.1. The fourth-order valence-electron chi connectivity index (χ4n) is 4.10. The Balaban J connectivity index is 1.53. The average Bonchev–Trinajstić information content (AvgIpc) is 3.30. The maximum Gasteiger partial charge on any atom is 0.256 e. The number of aromatic nitrogens is 1. The summed E-state index contributed by atoms with van der Waals surface area (Å²) in [6.07, 6.45) is 3.27. The lowest BCUT2D eigenvalue weighted by Gasteiger charge is -2.28. The largest absolute Gasteiger partial charge is 0.493 e. The van der Waals surface area contributed by atoms with E-state index in [0.29, 0.717) is 35.8 Å². The topological polar surface area (TPSA) is 80.8 Å². The molecule has 4 rings (SSSR count). The van der Waals surface area contributed by atoms with Crippen LogP contribution in [0.5, 0.6) is 11.5 Å². The predicted molar refractivity (Wildman–Crippen MR) is 134 cm³/mol. The summed E-state index contributed by atoms with van der Waals surface area (Å²) in [6.45, 7) is 3.40. The Morgan fingerprint density at radius 2 is 1.71 bits per heavy atom. The second kappa shape index (κ2) is 10.7. The Morgan fingerprint density at radius 3 is 2.32 bits per heavy atom. The van der Waals surface area contributed by atoms with Gasteiger partial charge in [0.2, 0.25) is 5.91 Å². The van der Waals surface area contributed by atoms with Crippen LogP contribution in [-0.4, -0.2) is 49.0 Å². The first kappa shape index (κ1) is 23.8. The van der Waals surface area contributed by atoms with E-state index >= 15 is 0 Å². The van der Waals surface area contributed by atoms with Gasteiger partial charge in [-0.3, -0.25) is 9.59 Å². The third-order valence-corrected chi connectivity index (χ3v) is 6.68. The van der Waals surface area contributed by atoms with Crippen molar-refractivity contribution in [2.75, 3.05) is 32.6 Å². The Bertz CT molecular complexity index is 1170. The number of ether oxygens (including phenoxy) is 2. The average molecular weight is 480 g/mol. The van der Waals surface area contributed by atoms with Crippen molar-refractivity contribution >= 4 is 28.8 Å². The summed E-state index contributed by atoms with van der Waals surface area (Å²) in [4.78, 5) is 32.5. The van der Waals surface area contributed by atoms with Gasteiger partial charge < -0.3 is 19.7 Å². The van der Waals surface area contributed by atoms with E-state index in [2.05, 4.69) is 10.3 Å². The quantitative estimate of drug-likeness (QED) is 0.519. The molecule has 0 spiro atoms. The number of benzene rings is 2. The standard InChI is InChI=1S/C26H29N3O4S/c1-17-27-22(16-34-17)19-9-7-18(8-10-19)13-25(30)28-21-15-24(33-3)23(32-2)14-20(21)26(31)29-11-5-4-6-12-29/h7-10,14-16H,4-6,11-13H2,1-3H3,(H,28,30). The van der Waals surface area contributed by atoms with Crippen molar-refractivity contribution in [3.63, 3.8) is 0 Å². The third-order valence-electron chi connectivity index (χ3n) is 5.90. The Morgan fingerprint density at radius 1 is 1.03 bits per heavy atom. The number of methoxy groups -OCH3 is 2. The highest BCUT2D eigenvalue weighted by Gasteiger charge is 2.24. The molecule has 0 aliphatic carbocycles. The van der Waals surface area contributed by atoms with Crippen LogP contribution in [0.25, 0.3) is 11.3 Å². The van der Waals surface area contributed by atoms with Crippen LogP contribution in [0.2, 0.25) is 0 Å². The SMILES string of the molecule is COc1cc(NC(=O)Cc2ccc(-c3csc(C)n3)cc2)c(C(=O)N2CCCCC2)cc1OC. The van der Waals surface area contributed by atoms with E-state index in [-0.39, 0.29) is 18.2 Å². The van der Waals surface area contributed by atoms with E-state index in [1.807, 2.05) is 41.5 Å². The number of aryl methyl sites for hydroxylation is 1. The van der Waals surface area contributed by atoms with Gasteiger partial charge in [-0.25, -0.2) is 4.98 Å². The molecule has 1 aromatic heterocycles. The van der Waals surface area contributed by atoms with E-state index in [1.54, 1.807) is 23.5 Å². The van der Waals surface area contributed by atoms with Crippen LogP contribution >= 0.6 is 11.3 Å². The highest BCUT2D eigenvalue weighted by atomic mass is 32.1. The number of anilines is 1. The smallest absolute Gasteiger partial charge is 0.256 e. The fourth-order valence-corrected chi connectivity index (χ4v) is 4.72. The van der Waals surface area contributed by atoms with Gasteiger partial charge in [0.1, 0.15) is 0 Å². The van der Waals surface area contributed by atoms with Gasteiger partial charge in [0.25, 0.3) is 5.91 Å². The highest BCUT2D eigenvalue weighted by molar-refractivity contribution is 7.09. The van der Waals surface area contributed by atoms with Gasteiger partial charge in [-0.15, -0.1) is 11.3 Å². The van der Waals surface area contributed by atoms with Crippen molar-refractivity contribution in [3.8, 4) is 22.8 Å². The number of nitrogens with one attached hydrogen (secondary N) is 1. The number of rotatable bonds is 7. The van der Waals surface area contributed by atoms with Crippen LogP contribution < -0.4 is 14.8 Å². The number of carbonyl (C=O) groups excluding carboxylic acids is 2. The molecule has 1 aliphatic heterocycles. The van der Waals surface area contributed by atoms with E-state index in [0.717, 1.165) is 41.1 Å². The summed E-state index contributed by atoms with van der Waals surface area (Å²) in [5.41, 5.74) is 3.65. The second-order valence-electron chi connectivity index (χ2n) is 8.28. The summed E-state index contributed by atoms with van der Waals surface area (Å²) in [7, 11) is 3.06. The Hall–Kier alpha value is -3.39. The van der Waals surface area contributed by atoms with Crippen molar-refractivity contribution in [3.05, 3.63) is 57.9 Å². The summed E-state index contributed by atoms with van der Waals surface area (Å²) in [5, 5.41) is 5.96. The first-order chi connectivity index (χ1) is 16.5. The fraction of sp³-hybridized carbons (Fsp3) is 0.346. The number of hydrogen-bond donors (Lipinski definition) is 1. The van der Waals surface area contributed by atoms with Crippen LogP contribution in [-0.2, 0) is 11.2 Å². The molecule has 2 amide bonds. The van der Waals surface area contributed by atoms with Crippen molar-refractivity contribution < 1.29 is 19.1 Å². The molecule has 34 heavy (non-hydrogen) atoms. The minimum absolute atomic E-state index is 0.112. The molecular formula is C26H29N3O4S. The van der Waals surface area contributed by atoms with E-state index in [4.69, 9.17) is 9.47 Å². The first-order valence-corrected chi connectivity index (χ1v) is 12.2. The van der Waals surface area contributed by atoms with Gasteiger partial charge >= 0.3 is 0 Å². The van der Waals surface area contributed by atoms with E-state index in [1.165, 1.54) is 14.2 Å². The van der Waals surface area contributed by atoms with Crippen LogP contribution in [0.1, 0.15) is 40.2 Å². The minimum atomic E-state index is -0.211. The van der Waals surface area contributed by atoms with Crippen molar-refractivity contribution in [1.82, 2.24) is 9.88 Å². The van der Waals surface area contributed by atoms with Gasteiger partial charge in [-0.05, 0) is 37.8 Å². The number of piperidine rings is 1. The predicted octanol–water partition coefficient (Wildman–Crippen LogP) is 4.94. The number of hydrogen-bond acceptors (Lipinski definition) is 6. The molecule has 0 unspecified atom stereocenters. The summed E-state index contributed by atoms with van der Waals surface area (Å²) in [5.74, 6) is 0.584. The van der Waals surface area contributed by atoms with Crippen molar-refractivity contribution in [1.29, 1.82) is 0 Å². The van der Waals surface area contributed by atoms with Gasteiger partial charge in [0.05, 0.1) is 42.6 Å².